The molecule has 0 spiro atoms. The van der Waals surface area contributed by atoms with E-state index in [-0.39, 0.29) is 22.8 Å². The van der Waals surface area contributed by atoms with Crippen molar-refractivity contribution in [2.45, 2.75) is 19.4 Å². The van der Waals surface area contributed by atoms with Crippen LogP contribution >= 0.6 is 11.6 Å². The van der Waals surface area contributed by atoms with E-state index >= 15 is 0 Å². The number of benzene rings is 1. The van der Waals surface area contributed by atoms with Crippen LogP contribution in [0.15, 0.2) is 12.1 Å². The number of aromatic carboxylic acids is 1. The maximum absolute atomic E-state index is 12.1. The largest absolute Gasteiger partial charge is 0.478 e. The molecule has 0 aliphatic rings. The van der Waals surface area contributed by atoms with Gasteiger partial charge in [-0.1, -0.05) is 6.07 Å². The van der Waals surface area contributed by atoms with Gasteiger partial charge in [-0.2, -0.15) is 8.78 Å². The predicted molar refractivity (Wildman–Crippen MR) is 54.3 cm³/mol. The van der Waals surface area contributed by atoms with Gasteiger partial charge in [0.15, 0.2) is 0 Å². The second kappa shape index (κ2) is 5.12. The van der Waals surface area contributed by atoms with Crippen LogP contribution in [-0.4, -0.2) is 17.7 Å². The number of ether oxygens (including phenoxy) is 1. The number of rotatable bonds is 4. The summed E-state index contributed by atoms with van der Waals surface area (Å²) in [5.41, 5.74) is 0.546. The Hall–Kier alpha value is -1.36. The zero-order valence-electron chi connectivity index (χ0n) is 8.34. The number of aryl methyl sites for hydroxylation is 1. The van der Waals surface area contributed by atoms with E-state index in [1.165, 1.54) is 12.1 Å². The molecule has 3 nitrogen and oxygen atoms in total. The monoisotopic (exact) mass is 250 g/mol. The summed E-state index contributed by atoms with van der Waals surface area (Å²) in [7, 11) is 0. The second-order valence-corrected chi connectivity index (χ2v) is 3.39. The van der Waals surface area contributed by atoms with Crippen LogP contribution in [0, 0.1) is 6.92 Å². The fourth-order valence-corrected chi connectivity index (χ4v) is 1.53. The number of hydrogen-bond acceptors (Lipinski definition) is 2. The summed E-state index contributed by atoms with van der Waals surface area (Å²) in [5, 5.41) is 8.85. The molecule has 0 heterocycles. The highest BCUT2D eigenvalue weighted by Gasteiger charge is 2.19. The number of hydrogen-bond donors (Lipinski definition) is 1. The molecule has 0 aliphatic heterocycles. The molecule has 0 amide bonds. The van der Waals surface area contributed by atoms with Crippen molar-refractivity contribution in [3.63, 3.8) is 0 Å². The van der Waals surface area contributed by atoms with Crippen molar-refractivity contribution >= 4 is 17.6 Å². The maximum Gasteiger partial charge on any atom is 0.387 e. The summed E-state index contributed by atoms with van der Waals surface area (Å²) in [6.07, 6.45) is 0. The number of carboxylic acid groups (broad SMARTS) is 1. The number of carboxylic acids is 1. The van der Waals surface area contributed by atoms with Gasteiger partial charge < -0.3 is 9.84 Å². The lowest BCUT2D eigenvalue weighted by Crippen LogP contribution is -2.10. The summed E-state index contributed by atoms with van der Waals surface area (Å²) in [6.45, 7) is -1.43. The topological polar surface area (TPSA) is 46.5 Å². The molecule has 0 bridgehead atoms. The van der Waals surface area contributed by atoms with E-state index in [0.717, 1.165) is 0 Å². The summed E-state index contributed by atoms with van der Waals surface area (Å²) in [5.74, 6) is -1.79. The molecule has 1 aromatic carbocycles. The Bertz CT molecular complexity index is 407. The Morgan fingerprint density at radius 3 is 2.62 bits per heavy atom. The molecule has 1 N–H and O–H groups in total. The third-order valence-electron chi connectivity index (χ3n) is 1.89. The Morgan fingerprint density at radius 1 is 1.56 bits per heavy atom. The van der Waals surface area contributed by atoms with Crippen LogP contribution in [0.5, 0.6) is 5.75 Å². The first kappa shape index (κ1) is 12.7. The third-order valence-corrected chi connectivity index (χ3v) is 2.18. The van der Waals surface area contributed by atoms with Gasteiger partial charge >= 0.3 is 12.6 Å². The van der Waals surface area contributed by atoms with Crippen LogP contribution in [0.4, 0.5) is 8.78 Å². The van der Waals surface area contributed by atoms with Gasteiger partial charge in [-0.05, 0) is 18.6 Å². The molecule has 0 saturated heterocycles. The molecule has 1 rings (SSSR count). The number of halogens is 3. The lowest BCUT2D eigenvalue weighted by Gasteiger charge is -2.12. The molecular weight excluding hydrogens is 242 g/mol. The van der Waals surface area contributed by atoms with E-state index in [1.54, 1.807) is 6.92 Å². The average molecular weight is 251 g/mol. The van der Waals surface area contributed by atoms with Gasteiger partial charge in [0.25, 0.3) is 0 Å². The van der Waals surface area contributed by atoms with Crippen LogP contribution in [-0.2, 0) is 5.88 Å². The fraction of sp³-hybridized carbons (Fsp3) is 0.300. The molecule has 0 saturated carbocycles. The van der Waals surface area contributed by atoms with Crippen molar-refractivity contribution in [2.75, 3.05) is 0 Å². The van der Waals surface area contributed by atoms with Crippen molar-refractivity contribution in [3.05, 3.63) is 28.8 Å². The molecule has 0 aliphatic carbocycles. The summed E-state index contributed by atoms with van der Waals surface area (Å²) in [6, 6.07) is 2.77. The standard InChI is InChI=1S/C10H9ClF2O3/c1-5-2-6(4-11)8(16-10(12)13)7(3-5)9(14)15/h2-3,10H,4H2,1H3,(H,14,15). The van der Waals surface area contributed by atoms with Crippen molar-refractivity contribution in [1.29, 1.82) is 0 Å². The smallest absolute Gasteiger partial charge is 0.387 e. The minimum Gasteiger partial charge on any atom is -0.478 e. The number of alkyl halides is 3. The molecule has 0 unspecified atom stereocenters. The van der Waals surface area contributed by atoms with E-state index in [2.05, 4.69) is 4.74 Å². The van der Waals surface area contributed by atoms with Crippen LogP contribution in [0.25, 0.3) is 0 Å². The first-order valence-electron chi connectivity index (χ1n) is 4.33. The van der Waals surface area contributed by atoms with Gasteiger partial charge in [0.1, 0.15) is 11.3 Å². The average Bonchev–Trinajstić information content (AvgIpc) is 2.19. The van der Waals surface area contributed by atoms with E-state index < -0.39 is 12.6 Å². The third kappa shape index (κ3) is 2.82. The van der Waals surface area contributed by atoms with E-state index in [0.29, 0.717) is 5.56 Å². The summed E-state index contributed by atoms with van der Waals surface area (Å²) in [4.78, 5) is 10.9. The highest BCUT2D eigenvalue weighted by atomic mass is 35.5. The van der Waals surface area contributed by atoms with Crippen molar-refractivity contribution in [3.8, 4) is 5.75 Å². The van der Waals surface area contributed by atoms with Crippen molar-refractivity contribution in [2.24, 2.45) is 0 Å². The molecule has 0 aromatic heterocycles. The lowest BCUT2D eigenvalue weighted by molar-refractivity contribution is -0.0508. The Labute approximate surface area is 95.6 Å². The molecule has 0 fully saturated rings. The highest BCUT2D eigenvalue weighted by molar-refractivity contribution is 6.17. The summed E-state index contributed by atoms with van der Waals surface area (Å²) < 4.78 is 28.4. The minimum absolute atomic E-state index is 0.0932. The van der Waals surface area contributed by atoms with E-state index in [9.17, 15) is 13.6 Å². The summed E-state index contributed by atoms with van der Waals surface area (Å²) >= 11 is 5.55. The molecule has 16 heavy (non-hydrogen) atoms. The highest BCUT2D eigenvalue weighted by Crippen LogP contribution is 2.29. The van der Waals surface area contributed by atoms with E-state index in [1.807, 2.05) is 0 Å². The van der Waals surface area contributed by atoms with Crippen molar-refractivity contribution in [1.82, 2.24) is 0 Å². The van der Waals surface area contributed by atoms with Gasteiger partial charge in [0, 0.05) is 5.56 Å². The van der Waals surface area contributed by atoms with Gasteiger partial charge in [0.05, 0.1) is 5.88 Å². The Kier molecular flexibility index (Phi) is 4.06. The van der Waals surface area contributed by atoms with Gasteiger partial charge in [-0.3, -0.25) is 0 Å². The first-order valence-corrected chi connectivity index (χ1v) is 4.86. The zero-order chi connectivity index (χ0) is 12.3. The van der Waals surface area contributed by atoms with Crippen LogP contribution in [0.3, 0.4) is 0 Å². The fourth-order valence-electron chi connectivity index (χ4n) is 1.33. The quantitative estimate of drug-likeness (QED) is 0.836. The van der Waals surface area contributed by atoms with Crippen LogP contribution in [0.2, 0.25) is 0 Å². The first-order chi connectivity index (χ1) is 7.45. The van der Waals surface area contributed by atoms with Gasteiger partial charge in [-0.15, -0.1) is 11.6 Å². The zero-order valence-corrected chi connectivity index (χ0v) is 9.09. The number of carbonyl (C=O) groups is 1. The van der Waals surface area contributed by atoms with Crippen LogP contribution < -0.4 is 4.74 Å². The molecule has 6 heteroatoms. The molecule has 0 atom stereocenters. The van der Waals surface area contributed by atoms with Gasteiger partial charge in [-0.25, -0.2) is 4.79 Å². The molecule has 1 aromatic rings. The molecule has 88 valence electrons. The Morgan fingerprint density at radius 2 is 2.19 bits per heavy atom. The maximum atomic E-state index is 12.1. The minimum atomic E-state index is -3.08. The SMILES string of the molecule is Cc1cc(CCl)c(OC(F)F)c(C(=O)O)c1. The van der Waals surface area contributed by atoms with Gasteiger partial charge in [0.2, 0.25) is 0 Å². The second-order valence-electron chi connectivity index (χ2n) is 3.12. The molecule has 0 radical (unpaired) electrons. The molecular formula is C10H9ClF2O3. The lowest BCUT2D eigenvalue weighted by atomic mass is 10.1. The van der Waals surface area contributed by atoms with Crippen LogP contribution in [0.1, 0.15) is 21.5 Å². The predicted octanol–water partition coefficient (Wildman–Crippen LogP) is 3.03. The van der Waals surface area contributed by atoms with E-state index in [4.69, 9.17) is 16.7 Å². The normalized spacial score (nSPS) is 10.6. The van der Waals surface area contributed by atoms with Crippen molar-refractivity contribution < 1.29 is 23.4 Å². The Balaban J connectivity index is 3.33.